The Bertz CT molecular complexity index is 347. The van der Waals surface area contributed by atoms with Crippen LogP contribution < -0.4 is 11.1 Å². The molecule has 0 spiro atoms. The number of hydrogen-bond donors (Lipinski definition) is 2. The van der Waals surface area contributed by atoms with Crippen LogP contribution in [0.5, 0.6) is 0 Å². The zero-order valence-corrected chi connectivity index (χ0v) is 8.68. The maximum Gasteiger partial charge on any atom is 0.106 e. The van der Waals surface area contributed by atoms with Gasteiger partial charge in [0.1, 0.15) is 4.99 Å². The number of rotatable bonds is 3. The van der Waals surface area contributed by atoms with Gasteiger partial charge in [0.2, 0.25) is 0 Å². The second-order valence-electron chi connectivity index (χ2n) is 3.56. The highest BCUT2D eigenvalue weighted by Gasteiger charge is 2.18. The number of nitrogens with one attached hydrogen (secondary N) is 1. The molecule has 2 rings (SSSR count). The van der Waals surface area contributed by atoms with Gasteiger partial charge in [0.05, 0.1) is 11.9 Å². The Balaban J connectivity index is 2.17. The molecule has 1 aliphatic carbocycles. The van der Waals surface area contributed by atoms with E-state index in [-0.39, 0.29) is 0 Å². The number of hydrogen-bond acceptors (Lipinski definition) is 3. The molecule has 1 fully saturated rings. The summed E-state index contributed by atoms with van der Waals surface area (Å²) in [5.41, 5.74) is 7.47. The number of thiocarbonyl (C=S) groups is 1. The quantitative estimate of drug-likeness (QED) is 0.740. The molecule has 3 nitrogen and oxygen atoms in total. The number of anilines is 1. The molecule has 3 N–H and O–H groups in total. The van der Waals surface area contributed by atoms with Crippen LogP contribution in [0.15, 0.2) is 18.5 Å². The molecule has 1 saturated carbocycles. The highest BCUT2D eigenvalue weighted by Crippen LogP contribution is 2.24. The normalized spacial score (nSPS) is 16.0. The molecule has 14 heavy (non-hydrogen) atoms. The van der Waals surface area contributed by atoms with Gasteiger partial charge >= 0.3 is 0 Å². The van der Waals surface area contributed by atoms with E-state index in [1.807, 2.05) is 6.07 Å². The summed E-state index contributed by atoms with van der Waals surface area (Å²) in [6, 6.07) is 2.43. The van der Waals surface area contributed by atoms with Gasteiger partial charge in [0, 0.05) is 17.8 Å². The predicted octanol–water partition coefficient (Wildman–Crippen LogP) is 1.68. The minimum atomic E-state index is 0.425. The van der Waals surface area contributed by atoms with Crippen molar-refractivity contribution in [3.8, 4) is 0 Å². The fourth-order valence-corrected chi connectivity index (χ4v) is 1.67. The Morgan fingerprint density at radius 1 is 1.57 bits per heavy atom. The third-order valence-corrected chi connectivity index (χ3v) is 2.77. The summed E-state index contributed by atoms with van der Waals surface area (Å²) in [6.07, 6.45) is 7.25. The number of aromatic nitrogens is 1. The van der Waals surface area contributed by atoms with Gasteiger partial charge in [-0.25, -0.2) is 0 Å². The lowest BCUT2D eigenvalue weighted by molar-refractivity contribution is 0.445. The summed E-state index contributed by atoms with van der Waals surface area (Å²) in [7, 11) is 0. The molecule has 4 heteroatoms. The van der Waals surface area contributed by atoms with Gasteiger partial charge in [-0.3, -0.25) is 4.98 Å². The van der Waals surface area contributed by atoms with E-state index in [1.54, 1.807) is 12.4 Å². The number of nitrogens with zero attached hydrogens (tertiary/aromatic N) is 1. The first-order chi connectivity index (χ1) is 6.77. The predicted molar refractivity (Wildman–Crippen MR) is 61.4 cm³/mol. The minimum Gasteiger partial charge on any atom is -0.389 e. The minimum absolute atomic E-state index is 0.425. The molecule has 0 aliphatic heterocycles. The highest BCUT2D eigenvalue weighted by atomic mass is 32.1. The Hall–Kier alpha value is -1.16. The van der Waals surface area contributed by atoms with E-state index in [0.29, 0.717) is 11.0 Å². The Labute approximate surface area is 88.7 Å². The standard InChI is InChI=1S/C10H13N3S/c11-10(14)8-4-5-12-6-9(8)13-7-2-1-3-7/h4-7,13H,1-3H2,(H2,11,14). The van der Waals surface area contributed by atoms with Crippen LogP contribution in [0.1, 0.15) is 24.8 Å². The zero-order valence-electron chi connectivity index (χ0n) is 7.86. The third-order valence-electron chi connectivity index (χ3n) is 2.55. The van der Waals surface area contributed by atoms with Crippen LogP contribution in [0.3, 0.4) is 0 Å². The van der Waals surface area contributed by atoms with Crippen LogP contribution in [-0.4, -0.2) is 16.0 Å². The number of nitrogens with two attached hydrogens (primary N) is 1. The molecule has 0 bridgehead atoms. The van der Waals surface area contributed by atoms with Crippen LogP contribution in [0, 0.1) is 0 Å². The van der Waals surface area contributed by atoms with Gasteiger partial charge in [0.15, 0.2) is 0 Å². The van der Waals surface area contributed by atoms with Crippen molar-refractivity contribution in [2.24, 2.45) is 5.73 Å². The van der Waals surface area contributed by atoms with Crippen molar-refractivity contribution < 1.29 is 0 Å². The average Bonchev–Trinajstić information content (AvgIpc) is 2.12. The molecule has 0 saturated heterocycles. The monoisotopic (exact) mass is 207 g/mol. The molecule has 1 heterocycles. The summed E-state index contributed by atoms with van der Waals surface area (Å²) in [5, 5.41) is 3.40. The molecule has 0 amide bonds. The van der Waals surface area contributed by atoms with Crippen molar-refractivity contribution in [2.75, 3.05) is 5.32 Å². The van der Waals surface area contributed by atoms with Crippen molar-refractivity contribution in [3.63, 3.8) is 0 Å². The molecule has 1 aromatic rings. The first-order valence-corrected chi connectivity index (χ1v) is 5.18. The van der Waals surface area contributed by atoms with Crippen LogP contribution >= 0.6 is 12.2 Å². The van der Waals surface area contributed by atoms with Crippen LogP contribution in [0.4, 0.5) is 5.69 Å². The SMILES string of the molecule is NC(=S)c1ccncc1NC1CCC1. The third kappa shape index (κ3) is 1.85. The first-order valence-electron chi connectivity index (χ1n) is 4.78. The van der Waals surface area contributed by atoms with E-state index in [1.165, 1.54) is 19.3 Å². The van der Waals surface area contributed by atoms with E-state index in [0.717, 1.165) is 11.3 Å². The molecule has 0 aromatic carbocycles. The summed E-state index contributed by atoms with van der Waals surface area (Å²) < 4.78 is 0. The molecule has 0 radical (unpaired) electrons. The average molecular weight is 207 g/mol. The summed E-state index contributed by atoms with van der Waals surface area (Å²) in [6.45, 7) is 0. The second-order valence-corrected chi connectivity index (χ2v) is 4.00. The van der Waals surface area contributed by atoms with Crippen molar-refractivity contribution >= 4 is 22.9 Å². The highest BCUT2D eigenvalue weighted by molar-refractivity contribution is 7.80. The smallest absolute Gasteiger partial charge is 0.106 e. The maximum absolute atomic E-state index is 5.61. The molecule has 74 valence electrons. The second kappa shape index (κ2) is 3.92. The van der Waals surface area contributed by atoms with Crippen LogP contribution in [0.25, 0.3) is 0 Å². The Morgan fingerprint density at radius 2 is 2.36 bits per heavy atom. The summed E-state index contributed by atoms with van der Waals surface area (Å²) in [5.74, 6) is 0. The Morgan fingerprint density at radius 3 is 2.93 bits per heavy atom. The number of pyridine rings is 1. The van der Waals surface area contributed by atoms with E-state index in [4.69, 9.17) is 18.0 Å². The van der Waals surface area contributed by atoms with Crippen molar-refractivity contribution in [1.82, 2.24) is 4.98 Å². The summed E-state index contributed by atoms with van der Waals surface area (Å²) in [4.78, 5) is 4.49. The zero-order chi connectivity index (χ0) is 9.97. The lowest BCUT2D eigenvalue weighted by Gasteiger charge is -2.28. The molecular formula is C10H13N3S. The van der Waals surface area contributed by atoms with Crippen molar-refractivity contribution in [1.29, 1.82) is 0 Å². The van der Waals surface area contributed by atoms with Crippen LogP contribution in [-0.2, 0) is 0 Å². The van der Waals surface area contributed by atoms with Gasteiger partial charge < -0.3 is 11.1 Å². The van der Waals surface area contributed by atoms with Gasteiger partial charge in [0.25, 0.3) is 0 Å². The van der Waals surface area contributed by atoms with Crippen molar-refractivity contribution in [3.05, 3.63) is 24.0 Å². The Kier molecular flexibility index (Phi) is 2.63. The van der Waals surface area contributed by atoms with E-state index in [2.05, 4.69) is 10.3 Å². The van der Waals surface area contributed by atoms with Gasteiger partial charge in [-0.1, -0.05) is 12.2 Å². The fraction of sp³-hybridized carbons (Fsp3) is 0.400. The van der Waals surface area contributed by atoms with Crippen LogP contribution in [0.2, 0.25) is 0 Å². The fourth-order valence-electron chi connectivity index (χ4n) is 1.50. The molecule has 0 atom stereocenters. The largest absolute Gasteiger partial charge is 0.389 e. The maximum atomic E-state index is 5.61. The first kappa shape index (κ1) is 9.40. The molecule has 1 aromatic heterocycles. The topological polar surface area (TPSA) is 50.9 Å². The van der Waals surface area contributed by atoms with Gasteiger partial charge in [-0.05, 0) is 25.3 Å². The lowest BCUT2D eigenvalue weighted by Crippen LogP contribution is -2.28. The van der Waals surface area contributed by atoms with Gasteiger partial charge in [-0.2, -0.15) is 0 Å². The van der Waals surface area contributed by atoms with E-state index in [9.17, 15) is 0 Å². The van der Waals surface area contributed by atoms with E-state index >= 15 is 0 Å². The summed E-state index contributed by atoms with van der Waals surface area (Å²) >= 11 is 4.97. The van der Waals surface area contributed by atoms with Crippen molar-refractivity contribution in [2.45, 2.75) is 25.3 Å². The lowest BCUT2D eigenvalue weighted by atomic mass is 9.93. The molecule has 0 unspecified atom stereocenters. The molecular weight excluding hydrogens is 194 g/mol. The van der Waals surface area contributed by atoms with E-state index < -0.39 is 0 Å². The molecule has 1 aliphatic rings. The van der Waals surface area contributed by atoms with Gasteiger partial charge in [-0.15, -0.1) is 0 Å².